The molecule has 29 heavy (non-hydrogen) atoms. The average Bonchev–Trinajstić information content (AvgIpc) is 2.73. The van der Waals surface area contributed by atoms with Crippen LogP contribution in [-0.4, -0.2) is 36.4 Å². The predicted molar refractivity (Wildman–Crippen MR) is 131 cm³/mol. The minimum Gasteiger partial charge on any atom is -0.370 e. The topological polar surface area (TPSA) is 70.7 Å². The number of nitrogens with one attached hydrogen (secondary N) is 1. The van der Waals surface area contributed by atoms with Gasteiger partial charge in [-0.2, -0.15) is 0 Å². The van der Waals surface area contributed by atoms with Crippen LogP contribution in [0.2, 0.25) is 0 Å². The summed E-state index contributed by atoms with van der Waals surface area (Å²) >= 11 is 0. The molecule has 0 saturated carbocycles. The summed E-state index contributed by atoms with van der Waals surface area (Å²) in [6.07, 6.45) is 4.14. The van der Waals surface area contributed by atoms with Gasteiger partial charge < -0.3 is 16.0 Å². The Bertz CT molecular complexity index is 802. The first-order valence-corrected chi connectivity index (χ1v) is 10.1. The van der Waals surface area contributed by atoms with Gasteiger partial charge in [0.2, 0.25) is 5.91 Å². The molecule has 1 amide bonds. The molecule has 2 aromatic carbocycles. The van der Waals surface area contributed by atoms with Gasteiger partial charge in [-0.15, -0.1) is 24.0 Å². The standard InChI is InChI=1S/C23H30N4O.HI/c1-2-18-9-6-10-21(16-18)26-23(24)25-17-22(28)27-13-11-20(12-14-27)15-19-7-4-3-5-8-19;/h3-10,16,20H,2,11-15,17H2,1H3,(H3,24,25,26);1H. The van der Waals surface area contributed by atoms with Crippen LogP contribution in [0.3, 0.4) is 0 Å². The second-order valence-electron chi connectivity index (χ2n) is 7.39. The zero-order valence-electron chi connectivity index (χ0n) is 17.0. The minimum absolute atomic E-state index is 0. The molecule has 6 heteroatoms. The molecule has 1 saturated heterocycles. The van der Waals surface area contributed by atoms with Gasteiger partial charge in [0.1, 0.15) is 6.54 Å². The number of rotatable bonds is 6. The highest BCUT2D eigenvalue weighted by Crippen LogP contribution is 2.21. The lowest BCUT2D eigenvalue weighted by atomic mass is 9.90. The number of hydrogen-bond donors (Lipinski definition) is 2. The summed E-state index contributed by atoms with van der Waals surface area (Å²) in [5, 5.41) is 3.07. The number of nitrogens with two attached hydrogens (primary N) is 1. The average molecular weight is 506 g/mol. The number of piperidine rings is 1. The zero-order valence-corrected chi connectivity index (χ0v) is 19.3. The molecule has 0 aliphatic carbocycles. The number of carbonyl (C=O) groups excluding carboxylic acids is 1. The largest absolute Gasteiger partial charge is 0.370 e. The highest BCUT2D eigenvalue weighted by Gasteiger charge is 2.22. The number of likely N-dealkylation sites (tertiary alicyclic amines) is 1. The number of aliphatic imine (C=N–C) groups is 1. The van der Waals surface area contributed by atoms with E-state index in [1.54, 1.807) is 0 Å². The van der Waals surface area contributed by atoms with E-state index in [0.29, 0.717) is 5.92 Å². The van der Waals surface area contributed by atoms with E-state index in [1.165, 1.54) is 11.1 Å². The lowest BCUT2D eigenvalue weighted by Gasteiger charge is -2.31. The molecular weight excluding hydrogens is 475 g/mol. The van der Waals surface area contributed by atoms with Crippen LogP contribution in [0.4, 0.5) is 5.69 Å². The van der Waals surface area contributed by atoms with Gasteiger partial charge in [-0.3, -0.25) is 4.79 Å². The molecular formula is C23H31IN4O. The summed E-state index contributed by atoms with van der Waals surface area (Å²) in [6.45, 7) is 3.81. The number of benzene rings is 2. The number of halogens is 1. The van der Waals surface area contributed by atoms with Crippen molar-refractivity contribution in [1.29, 1.82) is 0 Å². The van der Waals surface area contributed by atoms with Crippen LogP contribution in [0.25, 0.3) is 0 Å². The van der Waals surface area contributed by atoms with E-state index in [1.807, 2.05) is 29.2 Å². The number of nitrogens with zero attached hydrogens (tertiary/aromatic N) is 2. The summed E-state index contributed by atoms with van der Waals surface area (Å²) in [4.78, 5) is 18.6. The van der Waals surface area contributed by atoms with E-state index in [2.05, 4.69) is 47.6 Å². The van der Waals surface area contributed by atoms with Gasteiger partial charge >= 0.3 is 0 Å². The van der Waals surface area contributed by atoms with Crippen LogP contribution in [0.15, 0.2) is 59.6 Å². The van der Waals surface area contributed by atoms with E-state index < -0.39 is 0 Å². The summed E-state index contributed by atoms with van der Waals surface area (Å²) < 4.78 is 0. The van der Waals surface area contributed by atoms with E-state index in [4.69, 9.17) is 5.73 Å². The molecule has 5 nitrogen and oxygen atoms in total. The van der Waals surface area contributed by atoms with Crippen molar-refractivity contribution in [2.24, 2.45) is 16.6 Å². The molecule has 3 N–H and O–H groups in total. The van der Waals surface area contributed by atoms with Crippen molar-refractivity contribution in [3.63, 3.8) is 0 Å². The van der Waals surface area contributed by atoms with Crippen molar-refractivity contribution in [3.05, 3.63) is 65.7 Å². The summed E-state index contributed by atoms with van der Waals surface area (Å²) in [7, 11) is 0. The van der Waals surface area contributed by atoms with Gasteiger partial charge in [0.05, 0.1) is 0 Å². The second kappa shape index (κ2) is 11.8. The van der Waals surface area contributed by atoms with Gasteiger partial charge in [0, 0.05) is 18.8 Å². The van der Waals surface area contributed by atoms with Crippen LogP contribution in [-0.2, 0) is 17.6 Å². The van der Waals surface area contributed by atoms with Gasteiger partial charge in [0.25, 0.3) is 0 Å². The smallest absolute Gasteiger partial charge is 0.244 e. The monoisotopic (exact) mass is 506 g/mol. The first-order chi connectivity index (χ1) is 13.6. The Morgan fingerprint density at radius 3 is 2.48 bits per heavy atom. The third-order valence-corrected chi connectivity index (χ3v) is 5.33. The van der Waals surface area contributed by atoms with Crippen molar-refractivity contribution in [3.8, 4) is 0 Å². The summed E-state index contributed by atoms with van der Waals surface area (Å²) in [5.74, 6) is 0.971. The fraction of sp³-hybridized carbons (Fsp3) is 0.391. The number of guanidine groups is 1. The number of carbonyl (C=O) groups is 1. The van der Waals surface area contributed by atoms with Gasteiger partial charge in [-0.25, -0.2) is 4.99 Å². The molecule has 156 valence electrons. The predicted octanol–water partition coefficient (Wildman–Crippen LogP) is 4.07. The molecule has 1 fully saturated rings. The highest BCUT2D eigenvalue weighted by molar-refractivity contribution is 14.0. The molecule has 1 heterocycles. The maximum Gasteiger partial charge on any atom is 0.244 e. The lowest BCUT2D eigenvalue weighted by Crippen LogP contribution is -2.40. The molecule has 2 aromatic rings. The zero-order chi connectivity index (χ0) is 19.8. The van der Waals surface area contributed by atoms with E-state index in [9.17, 15) is 4.79 Å². The first kappa shape index (κ1) is 23.2. The van der Waals surface area contributed by atoms with Crippen LogP contribution < -0.4 is 11.1 Å². The van der Waals surface area contributed by atoms with Crippen LogP contribution >= 0.6 is 24.0 Å². The third kappa shape index (κ3) is 7.34. The van der Waals surface area contributed by atoms with Crippen molar-refractivity contribution < 1.29 is 4.79 Å². The Kier molecular flexibility index (Phi) is 9.44. The second-order valence-corrected chi connectivity index (χ2v) is 7.39. The molecule has 0 radical (unpaired) electrons. The Labute approximate surface area is 190 Å². The maximum atomic E-state index is 12.5. The molecule has 0 bridgehead atoms. The molecule has 0 unspecified atom stereocenters. The fourth-order valence-corrected chi connectivity index (χ4v) is 3.64. The third-order valence-electron chi connectivity index (χ3n) is 5.33. The van der Waals surface area contributed by atoms with Crippen LogP contribution in [0.1, 0.15) is 30.9 Å². The lowest BCUT2D eigenvalue weighted by molar-refractivity contribution is -0.130. The minimum atomic E-state index is 0. The molecule has 1 aliphatic rings. The molecule has 0 spiro atoms. The fourth-order valence-electron chi connectivity index (χ4n) is 3.64. The Morgan fingerprint density at radius 1 is 1.10 bits per heavy atom. The Hall–Kier alpha value is -2.09. The van der Waals surface area contributed by atoms with E-state index in [-0.39, 0.29) is 42.4 Å². The van der Waals surface area contributed by atoms with Crippen molar-refractivity contribution in [2.75, 3.05) is 25.0 Å². The highest BCUT2D eigenvalue weighted by atomic mass is 127. The molecule has 0 atom stereocenters. The van der Waals surface area contributed by atoms with E-state index in [0.717, 1.165) is 44.5 Å². The molecule has 1 aliphatic heterocycles. The van der Waals surface area contributed by atoms with E-state index >= 15 is 0 Å². The number of hydrogen-bond acceptors (Lipinski definition) is 2. The normalized spacial score (nSPS) is 14.9. The maximum absolute atomic E-state index is 12.5. The molecule has 0 aromatic heterocycles. The van der Waals surface area contributed by atoms with Gasteiger partial charge in [-0.05, 0) is 54.9 Å². The number of anilines is 1. The van der Waals surface area contributed by atoms with Crippen LogP contribution in [0.5, 0.6) is 0 Å². The Balaban J connectivity index is 0.00000300. The van der Waals surface area contributed by atoms with Crippen molar-refractivity contribution in [1.82, 2.24) is 4.90 Å². The molecule has 3 rings (SSSR count). The number of amides is 1. The number of aryl methyl sites for hydroxylation is 1. The summed E-state index contributed by atoms with van der Waals surface area (Å²) in [6, 6.07) is 18.6. The summed E-state index contributed by atoms with van der Waals surface area (Å²) in [5.41, 5.74) is 9.46. The Morgan fingerprint density at radius 2 is 1.79 bits per heavy atom. The quantitative estimate of drug-likeness (QED) is 0.353. The van der Waals surface area contributed by atoms with Gasteiger partial charge in [-0.1, -0.05) is 49.4 Å². The SMILES string of the molecule is CCc1cccc(NC(N)=NCC(=O)N2CCC(Cc3ccccc3)CC2)c1.I. The first-order valence-electron chi connectivity index (χ1n) is 10.1. The van der Waals surface area contributed by atoms with Crippen molar-refractivity contribution in [2.45, 2.75) is 32.6 Å². The van der Waals surface area contributed by atoms with Crippen molar-refractivity contribution >= 4 is 41.5 Å². The van der Waals surface area contributed by atoms with Gasteiger partial charge in [0.15, 0.2) is 5.96 Å². The van der Waals surface area contributed by atoms with Crippen LogP contribution in [0, 0.1) is 5.92 Å².